The number of nitrogens with one attached hydrogen (secondary N) is 1. The van der Waals surface area contributed by atoms with E-state index in [2.05, 4.69) is 21.2 Å². The molecule has 0 bridgehead atoms. The van der Waals surface area contributed by atoms with E-state index in [-0.39, 0.29) is 17.5 Å². The fourth-order valence-corrected chi connectivity index (χ4v) is 2.81. The Morgan fingerprint density at radius 2 is 1.90 bits per heavy atom. The van der Waals surface area contributed by atoms with Crippen LogP contribution in [0.3, 0.4) is 0 Å². The van der Waals surface area contributed by atoms with E-state index in [9.17, 15) is 9.18 Å². The zero-order valence-electron chi connectivity index (χ0n) is 11.4. The van der Waals surface area contributed by atoms with E-state index < -0.39 is 5.82 Å². The summed E-state index contributed by atoms with van der Waals surface area (Å²) in [5.74, 6) is -0.417. The Labute approximate surface area is 131 Å². The third kappa shape index (κ3) is 3.32. The number of rotatable bonds is 4. The summed E-state index contributed by atoms with van der Waals surface area (Å²) in [6.07, 6.45) is 2.20. The quantitative estimate of drug-likeness (QED) is 0.868. The van der Waals surface area contributed by atoms with Gasteiger partial charge in [0.05, 0.1) is 11.6 Å². The molecule has 0 spiro atoms. The van der Waals surface area contributed by atoms with E-state index in [1.807, 2.05) is 30.3 Å². The van der Waals surface area contributed by atoms with E-state index >= 15 is 0 Å². The first-order valence-electron chi connectivity index (χ1n) is 6.96. The van der Waals surface area contributed by atoms with Crippen LogP contribution in [0, 0.1) is 11.7 Å². The highest BCUT2D eigenvalue weighted by Crippen LogP contribution is 2.41. The largest absolute Gasteiger partial charge is 0.345 e. The van der Waals surface area contributed by atoms with E-state index in [1.54, 1.807) is 6.07 Å². The minimum Gasteiger partial charge on any atom is -0.345 e. The number of carbonyl (C=O) groups is 1. The monoisotopic (exact) mass is 347 g/mol. The molecule has 1 saturated carbocycles. The lowest BCUT2D eigenvalue weighted by Gasteiger charge is -2.19. The maximum absolute atomic E-state index is 13.8. The van der Waals surface area contributed by atoms with E-state index in [0.29, 0.717) is 10.4 Å². The second-order valence-electron chi connectivity index (χ2n) is 5.32. The Morgan fingerprint density at radius 3 is 2.57 bits per heavy atom. The van der Waals surface area contributed by atoms with E-state index in [1.165, 1.54) is 12.1 Å². The molecule has 0 saturated heterocycles. The van der Waals surface area contributed by atoms with Gasteiger partial charge in [-0.25, -0.2) is 4.39 Å². The molecule has 1 aliphatic carbocycles. The summed E-state index contributed by atoms with van der Waals surface area (Å²) in [6.45, 7) is 0. The zero-order chi connectivity index (χ0) is 14.8. The van der Waals surface area contributed by atoms with Crippen LogP contribution in [0.4, 0.5) is 4.39 Å². The standard InChI is InChI=1S/C17H15BrFNO/c18-13-8-9-15(19)14(10-13)17(21)20-16(12-6-7-12)11-4-2-1-3-5-11/h1-5,8-10,12,16H,6-7H2,(H,20,21). The SMILES string of the molecule is O=C(NC(c1ccccc1)C1CC1)c1cc(Br)ccc1F. The molecule has 2 nitrogen and oxygen atoms in total. The van der Waals surface area contributed by atoms with Crippen molar-refractivity contribution in [2.24, 2.45) is 5.92 Å². The van der Waals surface area contributed by atoms with Crippen molar-refractivity contribution in [3.8, 4) is 0 Å². The third-order valence-electron chi connectivity index (χ3n) is 3.71. The van der Waals surface area contributed by atoms with Crippen LogP contribution < -0.4 is 5.32 Å². The molecule has 3 rings (SSSR count). The van der Waals surface area contributed by atoms with Crippen molar-refractivity contribution in [3.05, 3.63) is 69.9 Å². The molecule has 4 heteroatoms. The fraction of sp³-hybridized carbons (Fsp3) is 0.235. The fourth-order valence-electron chi connectivity index (χ4n) is 2.45. The molecular weight excluding hydrogens is 333 g/mol. The second-order valence-corrected chi connectivity index (χ2v) is 6.24. The first-order chi connectivity index (χ1) is 10.1. The highest BCUT2D eigenvalue weighted by molar-refractivity contribution is 9.10. The third-order valence-corrected chi connectivity index (χ3v) is 4.20. The number of hydrogen-bond donors (Lipinski definition) is 1. The van der Waals surface area contributed by atoms with Crippen molar-refractivity contribution in [2.75, 3.05) is 0 Å². The minimum atomic E-state index is -0.502. The Bertz CT molecular complexity index is 655. The van der Waals surface area contributed by atoms with Gasteiger partial charge in [0, 0.05) is 4.47 Å². The van der Waals surface area contributed by atoms with Crippen molar-refractivity contribution >= 4 is 21.8 Å². The van der Waals surface area contributed by atoms with Crippen molar-refractivity contribution in [2.45, 2.75) is 18.9 Å². The summed E-state index contributed by atoms with van der Waals surface area (Å²) in [4.78, 5) is 12.4. The number of hydrogen-bond acceptors (Lipinski definition) is 1. The maximum atomic E-state index is 13.8. The molecule has 21 heavy (non-hydrogen) atoms. The summed E-state index contributed by atoms with van der Waals surface area (Å²) in [5.41, 5.74) is 1.15. The van der Waals surface area contributed by atoms with Gasteiger partial charge >= 0.3 is 0 Å². The summed E-state index contributed by atoms with van der Waals surface area (Å²) in [6, 6.07) is 14.2. The van der Waals surface area contributed by atoms with Gasteiger partial charge < -0.3 is 5.32 Å². The molecule has 108 valence electrons. The summed E-state index contributed by atoms with van der Waals surface area (Å²) in [7, 11) is 0. The lowest BCUT2D eigenvalue weighted by atomic mass is 10.0. The molecule has 0 aliphatic heterocycles. The zero-order valence-corrected chi connectivity index (χ0v) is 12.9. The maximum Gasteiger partial charge on any atom is 0.254 e. The van der Waals surface area contributed by atoms with Crippen LogP contribution in [-0.2, 0) is 0 Å². The van der Waals surface area contributed by atoms with Crippen LogP contribution >= 0.6 is 15.9 Å². The number of carbonyl (C=O) groups excluding carboxylic acids is 1. The van der Waals surface area contributed by atoms with Crippen LogP contribution in [0.1, 0.15) is 34.8 Å². The van der Waals surface area contributed by atoms with E-state index in [4.69, 9.17) is 0 Å². The topological polar surface area (TPSA) is 29.1 Å². The van der Waals surface area contributed by atoms with Crippen LogP contribution in [0.15, 0.2) is 53.0 Å². The summed E-state index contributed by atoms with van der Waals surface area (Å²) < 4.78 is 14.5. The normalized spacial score (nSPS) is 15.5. The molecule has 0 aromatic heterocycles. The number of halogens is 2. The van der Waals surface area contributed by atoms with Gasteiger partial charge in [-0.05, 0) is 42.5 Å². The Morgan fingerprint density at radius 1 is 1.19 bits per heavy atom. The molecular formula is C17H15BrFNO. The van der Waals surface area contributed by atoms with Gasteiger partial charge in [-0.15, -0.1) is 0 Å². The van der Waals surface area contributed by atoms with Gasteiger partial charge in [0.2, 0.25) is 0 Å². The average molecular weight is 348 g/mol. The van der Waals surface area contributed by atoms with Gasteiger partial charge in [0.1, 0.15) is 5.82 Å². The first-order valence-corrected chi connectivity index (χ1v) is 7.75. The molecule has 1 atom stereocenters. The van der Waals surface area contributed by atoms with Crippen LogP contribution in [-0.4, -0.2) is 5.91 Å². The van der Waals surface area contributed by atoms with Crippen molar-refractivity contribution in [1.82, 2.24) is 5.32 Å². The molecule has 2 aromatic carbocycles. The molecule has 0 radical (unpaired) electrons. The van der Waals surface area contributed by atoms with Crippen molar-refractivity contribution in [3.63, 3.8) is 0 Å². The predicted molar refractivity (Wildman–Crippen MR) is 83.5 cm³/mol. The highest BCUT2D eigenvalue weighted by atomic mass is 79.9. The smallest absolute Gasteiger partial charge is 0.254 e. The Balaban J connectivity index is 1.83. The lowest BCUT2D eigenvalue weighted by molar-refractivity contribution is 0.0927. The first kappa shape index (κ1) is 14.3. The van der Waals surface area contributed by atoms with Crippen LogP contribution in [0.25, 0.3) is 0 Å². The molecule has 1 amide bonds. The molecule has 2 aromatic rings. The van der Waals surface area contributed by atoms with Gasteiger partial charge in [0.25, 0.3) is 5.91 Å². The van der Waals surface area contributed by atoms with Crippen molar-refractivity contribution < 1.29 is 9.18 Å². The number of benzene rings is 2. The predicted octanol–water partition coefficient (Wildman–Crippen LogP) is 4.47. The van der Waals surface area contributed by atoms with E-state index in [0.717, 1.165) is 18.4 Å². The summed E-state index contributed by atoms with van der Waals surface area (Å²) >= 11 is 3.27. The molecule has 0 heterocycles. The van der Waals surface area contributed by atoms with Crippen molar-refractivity contribution in [1.29, 1.82) is 0 Å². The highest BCUT2D eigenvalue weighted by Gasteiger charge is 2.33. The molecule has 1 unspecified atom stereocenters. The van der Waals surface area contributed by atoms with Gasteiger partial charge in [0.15, 0.2) is 0 Å². The summed E-state index contributed by atoms with van der Waals surface area (Å²) in [5, 5.41) is 2.98. The van der Waals surface area contributed by atoms with Crippen LogP contribution in [0.2, 0.25) is 0 Å². The average Bonchev–Trinajstić information content (AvgIpc) is 3.32. The minimum absolute atomic E-state index is 0.0444. The molecule has 1 aliphatic rings. The second kappa shape index (κ2) is 5.98. The Kier molecular flexibility index (Phi) is 4.06. The van der Waals surface area contributed by atoms with Gasteiger partial charge in [-0.3, -0.25) is 4.79 Å². The van der Waals surface area contributed by atoms with Gasteiger partial charge in [-0.1, -0.05) is 46.3 Å². The molecule has 1 N–H and O–H groups in total. The lowest BCUT2D eigenvalue weighted by Crippen LogP contribution is -2.30. The van der Waals surface area contributed by atoms with Gasteiger partial charge in [-0.2, -0.15) is 0 Å². The van der Waals surface area contributed by atoms with Crippen LogP contribution in [0.5, 0.6) is 0 Å². The number of amides is 1. The Hall–Kier alpha value is -1.68. The molecule has 1 fully saturated rings.